The Morgan fingerprint density at radius 1 is 0.969 bits per heavy atom. The molecule has 0 atom stereocenters. The molecule has 172 valence electrons. The van der Waals surface area contributed by atoms with Gasteiger partial charge in [0, 0.05) is 24.7 Å². The number of rotatable bonds is 7. The summed E-state index contributed by atoms with van der Waals surface area (Å²) in [6.45, 7) is 0.507. The third-order valence-corrected chi connectivity index (χ3v) is 7.87. The van der Waals surface area contributed by atoms with Crippen LogP contribution in [-0.4, -0.2) is 44.3 Å². The number of carbonyl (C=O) groups excluding carboxylic acids is 2. The van der Waals surface area contributed by atoms with E-state index in [-0.39, 0.29) is 22.0 Å². The zero-order valence-corrected chi connectivity index (χ0v) is 19.7. The molecule has 32 heavy (non-hydrogen) atoms. The van der Waals surface area contributed by atoms with Crippen molar-refractivity contribution < 1.29 is 22.7 Å². The van der Waals surface area contributed by atoms with Crippen LogP contribution < -0.4 is 5.32 Å². The molecule has 1 aliphatic heterocycles. The van der Waals surface area contributed by atoms with Crippen molar-refractivity contribution in [2.24, 2.45) is 0 Å². The molecule has 1 saturated heterocycles. The lowest BCUT2D eigenvalue weighted by Crippen LogP contribution is -2.32. The average Bonchev–Trinajstić information content (AvgIpc) is 3.07. The van der Waals surface area contributed by atoms with Gasteiger partial charge < -0.3 is 10.1 Å². The summed E-state index contributed by atoms with van der Waals surface area (Å²) in [5, 5.41) is 3.16. The van der Waals surface area contributed by atoms with Crippen LogP contribution >= 0.6 is 23.2 Å². The summed E-state index contributed by atoms with van der Waals surface area (Å²) >= 11 is 12.2. The van der Waals surface area contributed by atoms with Gasteiger partial charge in [-0.05, 0) is 42.7 Å². The molecule has 1 amide bonds. The van der Waals surface area contributed by atoms with Gasteiger partial charge >= 0.3 is 5.97 Å². The highest BCUT2D eigenvalue weighted by atomic mass is 35.5. The molecule has 1 N–H and O–H groups in total. The zero-order chi connectivity index (χ0) is 23.1. The van der Waals surface area contributed by atoms with Gasteiger partial charge in [0.2, 0.25) is 10.0 Å². The first-order valence-electron chi connectivity index (χ1n) is 10.3. The Kier molecular flexibility index (Phi) is 8.53. The Morgan fingerprint density at radius 3 is 2.34 bits per heavy atom. The van der Waals surface area contributed by atoms with Crippen molar-refractivity contribution in [3.8, 4) is 0 Å². The number of hydrogen-bond acceptors (Lipinski definition) is 5. The van der Waals surface area contributed by atoms with Crippen LogP contribution in [0, 0.1) is 0 Å². The van der Waals surface area contributed by atoms with Gasteiger partial charge in [-0.25, -0.2) is 13.2 Å². The highest BCUT2D eigenvalue weighted by Gasteiger charge is 2.28. The lowest BCUT2D eigenvalue weighted by molar-refractivity contribution is -0.124. The largest absolute Gasteiger partial charge is 0.452 e. The average molecular weight is 499 g/mol. The van der Waals surface area contributed by atoms with Gasteiger partial charge in [0.25, 0.3) is 5.91 Å². The van der Waals surface area contributed by atoms with E-state index in [0.29, 0.717) is 18.1 Å². The van der Waals surface area contributed by atoms with Crippen molar-refractivity contribution in [2.75, 3.05) is 19.7 Å². The summed E-state index contributed by atoms with van der Waals surface area (Å²) in [4.78, 5) is 24.3. The highest BCUT2D eigenvalue weighted by molar-refractivity contribution is 7.89. The minimum atomic E-state index is -3.84. The van der Waals surface area contributed by atoms with Gasteiger partial charge in [-0.15, -0.1) is 0 Å². The van der Waals surface area contributed by atoms with E-state index in [2.05, 4.69) is 5.32 Å². The van der Waals surface area contributed by atoms with Crippen molar-refractivity contribution in [3.05, 3.63) is 63.6 Å². The van der Waals surface area contributed by atoms with Crippen LogP contribution in [0.4, 0.5) is 0 Å². The third-order valence-electron chi connectivity index (χ3n) is 5.12. The summed E-state index contributed by atoms with van der Waals surface area (Å²) in [6, 6.07) is 11.0. The molecule has 0 radical (unpaired) electrons. The van der Waals surface area contributed by atoms with E-state index < -0.39 is 28.5 Å². The van der Waals surface area contributed by atoms with Crippen LogP contribution in [0.2, 0.25) is 10.0 Å². The normalized spacial score (nSPS) is 15.1. The number of nitrogens with zero attached hydrogens (tertiary/aromatic N) is 1. The van der Waals surface area contributed by atoms with Crippen LogP contribution in [0.15, 0.2) is 47.4 Å². The minimum Gasteiger partial charge on any atom is -0.452 e. The van der Waals surface area contributed by atoms with Gasteiger partial charge in [-0.2, -0.15) is 4.31 Å². The second-order valence-corrected chi connectivity index (χ2v) is 10.1. The van der Waals surface area contributed by atoms with Crippen LogP contribution in [0.25, 0.3) is 0 Å². The number of benzene rings is 2. The first-order chi connectivity index (χ1) is 15.3. The third kappa shape index (κ3) is 6.22. The van der Waals surface area contributed by atoms with E-state index >= 15 is 0 Å². The minimum absolute atomic E-state index is 0.00157. The molecule has 3 rings (SSSR count). The number of esters is 1. The second-order valence-electron chi connectivity index (χ2n) is 7.41. The van der Waals surface area contributed by atoms with Gasteiger partial charge in [0.15, 0.2) is 6.61 Å². The number of ether oxygens (including phenoxy) is 1. The molecule has 2 aromatic carbocycles. The number of carbonyl (C=O) groups is 2. The van der Waals surface area contributed by atoms with Crippen molar-refractivity contribution in [1.82, 2.24) is 9.62 Å². The molecule has 1 heterocycles. The van der Waals surface area contributed by atoms with Crippen molar-refractivity contribution in [2.45, 2.75) is 37.1 Å². The maximum atomic E-state index is 13.1. The van der Waals surface area contributed by atoms with Crippen molar-refractivity contribution in [1.29, 1.82) is 0 Å². The quantitative estimate of drug-likeness (QED) is 0.581. The number of amides is 1. The van der Waals surface area contributed by atoms with Crippen LogP contribution in [-0.2, 0) is 26.1 Å². The lowest BCUT2D eigenvalue weighted by Gasteiger charge is -2.21. The van der Waals surface area contributed by atoms with E-state index in [1.54, 1.807) is 24.3 Å². The highest BCUT2D eigenvalue weighted by Crippen LogP contribution is 2.28. The maximum Gasteiger partial charge on any atom is 0.338 e. The first-order valence-corrected chi connectivity index (χ1v) is 12.5. The molecule has 0 unspecified atom stereocenters. The molecule has 7 nitrogen and oxygen atoms in total. The van der Waals surface area contributed by atoms with E-state index in [1.807, 2.05) is 0 Å². The molecule has 0 spiro atoms. The summed E-state index contributed by atoms with van der Waals surface area (Å²) in [5.74, 6) is -1.33. The summed E-state index contributed by atoms with van der Waals surface area (Å²) in [6.07, 6.45) is 3.51. The van der Waals surface area contributed by atoms with Gasteiger partial charge in [-0.1, -0.05) is 54.2 Å². The smallest absolute Gasteiger partial charge is 0.338 e. The Balaban J connectivity index is 1.63. The fraction of sp³-hybridized carbons (Fsp3) is 0.364. The molecule has 1 fully saturated rings. The molecule has 1 aliphatic rings. The summed E-state index contributed by atoms with van der Waals surface area (Å²) in [5.41, 5.74) is 0.733. The number of halogens is 2. The Bertz CT molecular complexity index is 1080. The maximum absolute atomic E-state index is 13.1. The predicted octanol–water partition coefficient (Wildman–Crippen LogP) is 4.03. The molecule has 0 saturated carbocycles. The fourth-order valence-corrected chi connectivity index (χ4v) is 5.57. The molecule has 10 heteroatoms. The first kappa shape index (κ1) is 24.5. The summed E-state index contributed by atoms with van der Waals surface area (Å²) < 4.78 is 32.6. The van der Waals surface area contributed by atoms with E-state index in [9.17, 15) is 18.0 Å². The van der Waals surface area contributed by atoms with E-state index in [1.165, 1.54) is 22.5 Å². The SMILES string of the molecule is O=C(COC(=O)c1ccc(Cl)c(S(=O)(=O)N2CCCCCC2)c1)NCc1ccccc1Cl. The zero-order valence-electron chi connectivity index (χ0n) is 17.4. The van der Waals surface area contributed by atoms with Gasteiger partial charge in [0.1, 0.15) is 4.90 Å². The fourth-order valence-electron chi connectivity index (χ4n) is 3.35. The molecule has 0 aromatic heterocycles. The monoisotopic (exact) mass is 498 g/mol. The Labute approximate surface area is 197 Å². The van der Waals surface area contributed by atoms with Crippen LogP contribution in [0.3, 0.4) is 0 Å². The second kappa shape index (κ2) is 11.1. The van der Waals surface area contributed by atoms with E-state index in [4.69, 9.17) is 27.9 Å². The lowest BCUT2D eigenvalue weighted by atomic mass is 10.2. The number of nitrogens with one attached hydrogen (secondary N) is 1. The van der Waals surface area contributed by atoms with Crippen LogP contribution in [0.5, 0.6) is 0 Å². The molecule has 0 aliphatic carbocycles. The molecule has 0 bridgehead atoms. The van der Waals surface area contributed by atoms with Gasteiger partial charge in [0.05, 0.1) is 10.6 Å². The topological polar surface area (TPSA) is 92.8 Å². The Hall–Kier alpha value is -2.13. The van der Waals surface area contributed by atoms with Crippen molar-refractivity contribution in [3.63, 3.8) is 0 Å². The number of hydrogen-bond donors (Lipinski definition) is 1. The standard InChI is InChI=1S/C22H24Cl2N2O5S/c23-18-8-4-3-7-17(18)14-25-21(27)15-31-22(28)16-9-10-19(24)20(13-16)32(29,30)26-11-5-1-2-6-12-26/h3-4,7-10,13H,1-2,5-6,11-12,14-15H2,(H,25,27). The molecular weight excluding hydrogens is 475 g/mol. The van der Waals surface area contributed by atoms with Crippen molar-refractivity contribution >= 4 is 45.1 Å². The van der Waals surface area contributed by atoms with Crippen LogP contribution in [0.1, 0.15) is 41.6 Å². The molecule has 2 aromatic rings. The number of sulfonamides is 1. The molecular formula is C22H24Cl2N2O5S. The Morgan fingerprint density at radius 2 is 1.66 bits per heavy atom. The predicted molar refractivity (Wildman–Crippen MR) is 122 cm³/mol. The summed E-state index contributed by atoms with van der Waals surface area (Å²) in [7, 11) is -3.84. The van der Waals surface area contributed by atoms with Gasteiger partial charge in [-0.3, -0.25) is 4.79 Å². The van der Waals surface area contributed by atoms with E-state index in [0.717, 1.165) is 31.2 Å².